The van der Waals surface area contributed by atoms with Crippen molar-refractivity contribution in [3.63, 3.8) is 0 Å². The van der Waals surface area contributed by atoms with Crippen LogP contribution in [0.25, 0.3) is 6.08 Å². The molecule has 0 aromatic heterocycles. The summed E-state index contributed by atoms with van der Waals surface area (Å²) >= 11 is 0. The normalized spacial score (nSPS) is 11.0. The van der Waals surface area contributed by atoms with E-state index in [0.29, 0.717) is 0 Å². The van der Waals surface area contributed by atoms with Crippen molar-refractivity contribution in [3.05, 3.63) is 35.4 Å². The van der Waals surface area contributed by atoms with Gasteiger partial charge in [0.05, 0.1) is 6.54 Å². The Balaban J connectivity index is 3.26. The first-order chi connectivity index (χ1) is 9.31. The average Bonchev–Trinajstić information content (AvgIpc) is 2.33. The van der Waals surface area contributed by atoms with Crippen molar-refractivity contribution in [1.82, 2.24) is 0 Å². The molecule has 108 valence electrons. The average molecular weight is 276 g/mol. The zero-order valence-electron chi connectivity index (χ0n) is 12.0. The zero-order chi connectivity index (χ0) is 15.3. The Hall–Kier alpha value is -2.30. The minimum atomic E-state index is -1.01. The third kappa shape index (κ3) is 4.42. The predicted octanol–water partition coefficient (Wildman–Crippen LogP) is 1.79. The van der Waals surface area contributed by atoms with Crippen molar-refractivity contribution in [2.75, 3.05) is 11.4 Å². The van der Waals surface area contributed by atoms with Crippen LogP contribution in [0.15, 0.2) is 24.3 Å². The second-order valence-corrected chi connectivity index (χ2v) is 4.92. The van der Waals surface area contributed by atoms with Gasteiger partial charge in [0.15, 0.2) is 0 Å². The molecule has 0 unspecified atom stereocenters. The van der Waals surface area contributed by atoms with Crippen LogP contribution in [0.2, 0.25) is 0 Å². The predicted molar refractivity (Wildman–Crippen MR) is 79.5 cm³/mol. The molecule has 1 amide bonds. The third-order valence-corrected chi connectivity index (χ3v) is 2.85. The highest BCUT2D eigenvalue weighted by Gasteiger charge is 2.15. The number of benzene rings is 1. The number of carbonyl (C=O) groups is 2. The number of anilines is 1. The SMILES string of the molecule is Cc1ccc(N(CC(N)=O)C(C)C)c(/C=C/C(=O)O)c1. The van der Waals surface area contributed by atoms with Crippen molar-refractivity contribution in [2.45, 2.75) is 26.8 Å². The molecule has 20 heavy (non-hydrogen) atoms. The largest absolute Gasteiger partial charge is 0.478 e. The number of aliphatic carboxylic acids is 1. The standard InChI is InChI=1S/C15H20N2O3/c1-10(2)17(9-14(16)18)13-6-4-11(3)8-12(13)5-7-15(19)20/h4-8,10H,9H2,1-3H3,(H2,16,18)(H,19,20)/b7-5+. The molecule has 1 rings (SSSR count). The maximum atomic E-state index is 11.2. The van der Waals surface area contributed by atoms with E-state index in [-0.39, 0.29) is 12.6 Å². The summed E-state index contributed by atoms with van der Waals surface area (Å²) in [5.74, 6) is -1.43. The fourth-order valence-electron chi connectivity index (χ4n) is 1.94. The molecule has 0 heterocycles. The van der Waals surface area contributed by atoms with E-state index >= 15 is 0 Å². The van der Waals surface area contributed by atoms with E-state index in [1.807, 2.05) is 43.9 Å². The zero-order valence-corrected chi connectivity index (χ0v) is 12.0. The molecule has 0 saturated carbocycles. The van der Waals surface area contributed by atoms with Crippen LogP contribution in [0, 0.1) is 6.92 Å². The molecule has 0 aliphatic rings. The second-order valence-electron chi connectivity index (χ2n) is 4.92. The number of hydrogen-bond donors (Lipinski definition) is 2. The third-order valence-electron chi connectivity index (χ3n) is 2.85. The molecule has 5 heteroatoms. The summed E-state index contributed by atoms with van der Waals surface area (Å²) in [4.78, 5) is 23.7. The number of carbonyl (C=O) groups excluding carboxylic acids is 1. The molecule has 0 bridgehead atoms. The number of carboxylic acids is 1. The number of primary amides is 1. The first-order valence-corrected chi connectivity index (χ1v) is 6.38. The van der Waals surface area contributed by atoms with Crippen LogP contribution in [-0.2, 0) is 9.59 Å². The number of nitrogens with zero attached hydrogens (tertiary/aromatic N) is 1. The molecule has 0 aliphatic heterocycles. The lowest BCUT2D eigenvalue weighted by Gasteiger charge is -2.29. The molecule has 3 N–H and O–H groups in total. The molecule has 0 spiro atoms. The van der Waals surface area contributed by atoms with Gasteiger partial charge in [-0.2, -0.15) is 0 Å². The van der Waals surface area contributed by atoms with Gasteiger partial charge < -0.3 is 15.7 Å². The van der Waals surface area contributed by atoms with Gasteiger partial charge in [0, 0.05) is 17.8 Å². The fourth-order valence-corrected chi connectivity index (χ4v) is 1.94. The number of rotatable bonds is 6. The van der Waals surface area contributed by atoms with Crippen molar-refractivity contribution < 1.29 is 14.7 Å². The van der Waals surface area contributed by atoms with Gasteiger partial charge in [-0.25, -0.2) is 4.79 Å². The Morgan fingerprint density at radius 2 is 2.05 bits per heavy atom. The fraction of sp³-hybridized carbons (Fsp3) is 0.333. The Morgan fingerprint density at radius 1 is 1.40 bits per heavy atom. The lowest BCUT2D eigenvalue weighted by atomic mass is 10.1. The minimum Gasteiger partial charge on any atom is -0.478 e. The number of hydrogen-bond acceptors (Lipinski definition) is 3. The minimum absolute atomic E-state index is 0.0715. The van der Waals surface area contributed by atoms with E-state index in [9.17, 15) is 9.59 Å². The Bertz CT molecular complexity index is 536. The summed E-state index contributed by atoms with van der Waals surface area (Å²) in [6, 6.07) is 5.75. The topological polar surface area (TPSA) is 83.6 Å². The summed E-state index contributed by atoms with van der Waals surface area (Å²) in [5, 5.41) is 8.75. The number of aryl methyl sites for hydroxylation is 1. The van der Waals surface area contributed by atoms with Gasteiger partial charge in [0.2, 0.25) is 5.91 Å². The summed E-state index contributed by atoms with van der Waals surface area (Å²) in [6.07, 6.45) is 2.61. The monoisotopic (exact) mass is 276 g/mol. The van der Waals surface area contributed by atoms with Gasteiger partial charge in [-0.15, -0.1) is 0 Å². The molecule has 0 fully saturated rings. The molecular formula is C15H20N2O3. The van der Waals surface area contributed by atoms with Crippen LogP contribution in [-0.4, -0.2) is 29.6 Å². The van der Waals surface area contributed by atoms with E-state index in [1.165, 1.54) is 6.08 Å². The Morgan fingerprint density at radius 3 is 2.55 bits per heavy atom. The number of amides is 1. The molecule has 5 nitrogen and oxygen atoms in total. The van der Waals surface area contributed by atoms with Gasteiger partial charge in [0.1, 0.15) is 0 Å². The highest BCUT2D eigenvalue weighted by molar-refractivity contribution is 5.88. The van der Waals surface area contributed by atoms with Crippen molar-refractivity contribution in [2.24, 2.45) is 5.73 Å². The van der Waals surface area contributed by atoms with Crippen LogP contribution in [0.1, 0.15) is 25.0 Å². The maximum absolute atomic E-state index is 11.2. The van der Waals surface area contributed by atoms with Crippen LogP contribution in [0.4, 0.5) is 5.69 Å². The summed E-state index contributed by atoms with van der Waals surface area (Å²) < 4.78 is 0. The van der Waals surface area contributed by atoms with Crippen molar-refractivity contribution >= 4 is 23.6 Å². The van der Waals surface area contributed by atoms with Gasteiger partial charge >= 0.3 is 5.97 Å². The lowest BCUT2D eigenvalue weighted by Crippen LogP contribution is -2.39. The van der Waals surface area contributed by atoms with Crippen LogP contribution < -0.4 is 10.6 Å². The Labute approximate surface area is 118 Å². The first kappa shape index (κ1) is 15.8. The molecule has 1 aromatic rings. The molecule has 0 saturated heterocycles. The van der Waals surface area contributed by atoms with Gasteiger partial charge in [-0.05, 0) is 44.5 Å². The van der Waals surface area contributed by atoms with Gasteiger partial charge in [-0.3, -0.25) is 4.79 Å². The summed E-state index contributed by atoms with van der Waals surface area (Å²) in [6.45, 7) is 5.92. The first-order valence-electron chi connectivity index (χ1n) is 6.38. The van der Waals surface area contributed by atoms with Gasteiger partial charge in [-0.1, -0.05) is 11.6 Å². The van der Waals surface area contributed by atoms with E-state index < -0.39 is 11.9 Å². The van der Waals surface area contributed by atoms with E-state index in [2.05, 4.69) is 0 Å². The molecule has 0 atom stereocenters. The lowest BCUT2D eigenvalue weighted by molar-refractivity contribution is -0.131. The van der Waals surface area contributed by atoms with E-state index in [4.69, 9.17) is 10.8 Å². The highest BCUT2D eigenvalue weighted by atomic mass is 16.4. The van der Waals surface area contributed by atoms with Crippen LogP contribution in [0.5, 0.6) is 0 Å². The van der Waals surface area contributed by atoms with E-state index in [1.54, 1.807) is 0 Å². The van der Waals surface area contributed by atoms with Crippen molar-refractivity contribution in [1.29, 1.82) is 0 Å². The highest BCUT2D eigenvalue weighted by Crippen LogP contribution is 2.25. The number of carboxylic acid groups (broad SMARTS) is 1. The maximum Gasteiger partial charge on any atom is 0.328 e. The Kier molecular flexibility index (Phi) is 5.32. The second kappa shape index (κ2) is 6.75. The van der Waals surface area contributed by atoms with Crippen LogP contribution >= 0.6 is 0 Å². The summed E-state index contributed by atoms with van der Waals surface area (Å²) in [7, 11) is 0. The molecule has 0 aliphatic carbocycles. The smallest absolute Gasteiger partial charge is 0.328 e. The summed E-state index contributed by atoms with van der Waals surface area (Å²) in [5.41, 5.74) is 7.84. The molecule has 1 aromatic carbocycles. The molecular weight excluding hydrogens is 256 g/mol. The van der Waals surface area contributed by atoms with Crippen LogP contribution in [0.3, 0.4) is 0 Å². The van der Waals surface area contributed by atoms with E-state index in [0.717, 1.165) is 22.9 Å². The van der Waals surface area contributed by atoms with Crippen molar-refractivity contribution in [3.8, 4) is 0 Å². The van der Waals surface area contributed by atoms with Gasteiger partial charge in [0.25, 0.3) is 0 Å². The number of nitrogens with two attached hydrogens (primary N) is 1. The molecule has 0 radical (unpaired) electrons. The quantitative estimate of drug-likeness (QED) is 0.776.